The van der Waals surface area contributed by atoms with Gasteiger partial charge in [-0.25, -0.2) is 0 Å². The Kier molecular flexibility index (Phi) is 4.96. The number of hydrogen-bond acceptors (Lipinski definition) is 3. The lowest BCUT2D eigenvalue weighted by Crippen LogP contribution is -2.35. The third-order valence-corrected chi connectivity index (χ3v) is 5.75. The molecule has 2 fully saturated rings. The van der Waals surface area contributed by atoms with Crippen LogP contribution in [0.25, 0.3) is 0 Å². The summed E-state index contributed by atoms with van der Waals surface area (Å²) in [5, 5.41) is 5.68. The second kappa shape index (κ2) is 6.93. The van der Waals surface area contributed by atoms with E-state index in [0.29, 0.717) is 11.8 Å². The van der Waals surface area contributed by atoms with E-state index in [1.807, 2.05) is 0 Å². The Morgan fingerprint density at radius 3 is 2.81 bits per heavy atom. The van der Waals surface area contributed by atoms with Crippen molar-refractivity contribution in [2.75, 3.05) is 6.54 Å². The number of nitrogens with one attached hydrogen (secondary N) is 1. The fraction of sp³-hybridized carbons (Fsp3) is 0.706. The van der Waals surface area contributed by atoms with E-state index >= 15 is 0 Å². The number of rotatable bonds is 5. The molecule has 1 saturated heterocycles. The van der Waals surface area contributed by atoms with Crippen LogP contribution in [0.2, 0.25) is 0 Å². The zero-order chi connectivity index (χ0) is 14.7. The van der Waals surface area contributed by atoms with Gasteiger partial charge in [0.25, 0.3) is 0 Å². The topological polar surface area (TPSA) is 32.3 Å². The molecule has 21 heavy (non-hydrogen) atoms. The zero-order valence-electron chi connectivity index (χ0n) is 12.9. The molecule has 1 aliphatic heterocycles. The van der Waals surface area contributed by atoms with E-state index in [4.69, 9.17) is 0 Å². The molecule has 0 bridgehead atoms. The summed E-state index contributed by atoms with van der Waals surface area (Å²) in [6.07, 6.45) is 8.73. The van der Waals surface area contributed by atoms with E-state index < -0.39 is 0 Å². The molecular formula is C17H26N2OS. The third-order valence-electron chi connectivity index (χ3n) is 4.82. The van der Waals surface area contributed by atoms with Crippen molar-refractivity contribution in [3.63, 3.8) is 0 Å². The molecule has 1 aliphatic carbocycles. The lowest BCUT2D eigenvalue weighted by atomic mass is 9.89. The van der Waals surface area contributed by atoms with E-state index in [0.717, 1.165) is 19.4 Å². The summed E-state index contributed by atoms with van der Waals surface area (Å²) in [6.45, 7) is 3.09. The molecule has 0 spiro atoms. The average molecular weight is 306 g/mol. The van der Waals surface area contributed by atoms with E-state index in [2.05, 4.69) is 34.7 Å². The number of thiophene rings is 1. The Bertz CT molecular complexity index is 453. The highest BCUT2D eigenvalue weighted by molar-refractivity contribution is 7.10. The fourth-order valence-corrected chi connectivity index (χ4v) is 4.50. The monoisotopic (exact) mass is 306 g/mol. The van der Waals surface area contributed by atoms with Crippen LogP contribution in [0.4, 0.5) is 0 Å². The Balaban J connectivity index is 1.74. The van der Waals surface area contributed by atoms with E-state index in [1.54, 1.807) is 11.3 Å². The Labute approximate surface area is 131 Å². The van der Waals surface area contributed by atoms with Gasteiger partial charge in [-0.05, 0) is 36.6 Å². The van der Waals surface area contributed by atoms with Gasteiger partial charge in [0.1, 0.15) is 6.17 Å². The predicted molar refractivity (Wildman–Crippen MR) is 87.2 cm³/mol. The van der Waals surface area contributed by atoms with Crippen molar-refractivity contribution in [3.8, 4) is 0 Å². The molecule has 2 aliphatic rings. The first-order valence-corrected chi connectivity index (χ1v) is 9.27. The lowest BCUT2D eigenvalue weighted by Gasteiger charge is -2.30. The first-order valence-electron chi connectivity index (χ1n) is 8.39. The molecule has 2 heterocycles. The molecule has 3 nitrogen and oxygen atoms in total. The minimum absolute atomic E-state index is 0.0192. The van der Waals surface area contributed by atoms with E-state index in [-0.39, 0.29) is 12.2 Å². The van der Waals surface area contributed by atoms with Crippen LogP contribution in [0.5, 0.6) is 0 Å². The normalized spacial score (nSPS) is 27.5. The van der Waals surface area contributed by atoms with Gasteiger partial charge >= 0.3 is 0 Å². The molecule has 1 aromatic rings. The van der Waals surface area contributed by atoms with Crippen LogP contribution < -0.4 is 5.32 Å². The SMILES string of the molecule is CCCC1NC(c2cccs2)N(CC2CCCCC2)C1=O. The van der Waals surface area contributed by atoms with Gasteiger partial charge in [-0.2, -0.15) is 0 Å². The van der Waals surface area contributed by atoms with Gasteiger partial charge in [-0.15, -0.1) is 11.3 Å². The summed E-state index contributed by atoms with van der Waals surface area (Å²) >= 11 is 1.75. The number of carbonyl (C=O) groups excluding carboxylic acids is 1. The molecule has 2 atom stereocenters. The Morgan fingerprint density at radius 2 is 2.14 bits per heavy atom. The molecule has 1 saturated carbocycles. The van der Waals surface area contributed by atoms with Gasteiger partial charge in [0.2, 0.25) is 5.91 Å². The molecule has 0 aromatic carbocycles. The molecular weight excluding hydrogens is 280 g/mol. The maximum Gasteiger partial charge on any atom is 0.241 e. The average Bonchev–Trinajstić information content (AvgIpc) is 3.12. The quantitative estimate of drug-likeness (QED) is 0.894. The highest BCUT2D eigenvalue weighted by Crippen LogP contribution is 2.33. The van der Waals surface area contributed by atoms with Crippen molar-refractivity contribution in [2.45, 2.75) is 64.1 Å². The first-order chi connectivity index (χ1) is 10.3. The third kappa shape index (κ3) is 3.32. The van der Waals surface area contributed by atoms with Gasteiger partial charge < -0.3 is 4.90 Å². The van der Waals surface area contributed by atoms with Gasteiger partial charge in [0.05, 0.1) is 6.04 Å². The second-order valence-electron chi connectivity index (χ2n) is 6.42. The summed E-state index contributed by atoms with van der Waals surface area (Å²) in [6, 6.07) is 4.25. The number of hydrogen-bond donors (Lipinski definition) is 1. The molecule has 4 heteroatoms. The van der Waals surface area contributed by atoms with Gasteiger partial charge in [-0.1, -0.05) is 38.7 Å². The van der Waals surface area contributed by atoms with E-state index in [9.17, 15) is 4.79 Å². The minimum Gasteiger partial charge on any atom is -0.320 e. The molecule has 1 amide bonds. The standard InChI is InChI=1S/C17H26N2OS/c1-2-7-14-17(20)19(12-13-8-4-3-5-9-13)16(18-14)15-10-6-11-21-15/h6,10-11,13-14,16,18H,2-5,7-9,12H2,1H3. The maximum absolute atomic E-state index is 12.7. The Morgan fingerprint density at radius 1 is 1.33 bits per heavy atom. The second-order valence-corrected chi connectivity index (χ2v) is 7.40. The van der Waals surface area contributed by atoms with Crippen LogP contribution in [0, 0.1) is 5.92 Å². The highest BCUT2D eigenvalue weighted by atomic mass is 32.1. The van der Waals surface area contributed by atoms with Crippen LogP contribution in [0.1, 0.15) is 62.9 Å². The number of nitrogens with zero attached hydrogens (tertiary/aromatic N) is 1. The van der Waals surface area contributed by atoms with Crippen molar-refractivity contribution in [2.24, 2.45) is 5.92 Å². The van der Waals surface area contributed by atoms with Gasteiger partial charge in [0.15, 0.2) is 0 Å². The Hall–Kier alpha value is -0.870. The molecule has 2 unspecified atom stereocenters. The van der Waals surface area contributed by atoms with Crippen LogP contribution >= 0.6 is 11.3 Å². The summed E-state index contributed by atoms with van der Waals surface area (Å²) in [5.74, 6) is 1.02. The van der Waals surface area contributed by atoms with Crippen molar-refractivity contribution in [1.29, 1.82) is 0 Å². The first kappa shape index (κ1) is 15.0. The van der Waals surface area contributed by atoms with E-state index in [1.165, 1.54) is 37.0 Å². The number of carbonyl (C=O) groups is 1. The summed E-state index contributed by atoms with van der Waals surface area (Å²) < 4.78 is 0. The zero-order valence-corrected chi connectivity index (χ0v) is 13.7. The lowest BCUT2D eigenvalue weighted by molar-refractivity contribution is -0.131. The van der Waals surface area contributed by atoms with Crippen molar-refractivity contribution >= 4 is 17.2 Å². The predicted octanol–water partition coefficient (Wildman–Crippen LogP) is 3.93. The van der Waals surface area contributed by atoms with Crippen LogP contribution in [0.15, 0.2) is 17.5 Å². The van der Waals surface area contributed by atoms with Crippen molar-refractivity contribution in [3.05, 3.63) is 22.4 Å². The largest absolute Gasteiger partial charge is 0.320 e. The van der Waals surface area contributed by atoms with Crippen molar-refractivity contribution < 1.29 is 4.79 Å². The smallest absolute Gasteiger partial charge is 0.241 e. The van der Waals surface area contributed by atoms with Crippen LogP contribution in [0.3, 0.4) is 0 Å². The highest BCUT2D eigenvalue weighted by Gasteiger charge is 2.40. The summed E-state index contributed by atoms with van der Waals surface area (Å²) in [4.78, 5) is 16.1. The van der Waals surface area contributed by atoms with Gasteiger partial charge in [0, 0.05) is 11.4 Å². The molecule has 3 rings (SSSR count). The summed E-state index contributed by atoms with van der Waals surface area (Å²) in [5.41, 5.74) is 0. The van der Waals surface area contributed by atoms with Crippen molar-refractivity contribution in [1.82, 2.24) is 10.2 Å². The van der Waals surface area contributed by atoms with Crippen LogP contribution in [-0.4, -0.2) is 23.4 Å². The molecule has 0 radical (unpaired) electrons. The molecule has 116 valence electrons. The maximum atomic E-state index is 12.7. The van der Waals surface area contributed by atoms with Crippen LogP contribution in [-0.2, 0) is 4.79 Å². The summed E-state index contributed by atoms with van der Waals surface area (Å²) in [7, 11) is 0. The molecule has 1 N–H and O–H groups in total. The minimum atomic E-state index is 0.0192. The molecule has 1 aromatic heterocycles. The number of amides is 1. The fourth-order valence-electron chi connectivity index (χ4n) is 3.70. The van der Waals surface area contributed by atoms with Gasteiger partial charge in [-0.3, -0.25) is 10.1 Å².